The van der Waals surface area contributed by atoms with Crippen molar-refractivity contribution in [1.29, 1.82) is 0 Å². The zero-order valence-corrected chi connectivity index (χ0v) is 9.32. The maximum absolute atomic E-state index is 11.4. The summed E-state index contributed by atoms with van der Waals surface area (Å²) in [7, 11) is 0. The molecule has 0 radical (unpaired) electrons. The maximum atomic E-state index is 11.4. The van der Waals surface area contributed by atoms with Gasteiger partial charge < -0.3 is 4.52 Å². The van der Waals surface area contributed by atoms with Crippen molar-refractivity contribution in [3.05, 3.63) is 39.9 Å². The topological polar surface area (TPSA) is 67.5 Å². The molecule has 0 saturated carbocycles. The summed E-state index contributed by atoms with van der Waals surface area (Å²) in [5.74, 6) is 0.204. The average molecular weight is 235 g/mol. The summed E-state index contributed by atoms with van der Waals surface area (Å²) in [6, 6.07) is 3.45. The number of carbonyl (C=O) groups excluding carboxylic acids is 1. The SMILES string of the molecule is Cc1cc(C(=O)N/N=C/c2ccsc2)no1. The number of thiophene rings is 1. The van der Waals surface area contributed by atoms with Gasteiger partial charge >= 0.3 is 0 Å². The molecule has 0 aromatic carbocycles. The Morgan fingerprint density at radius 3 is 3.19 bits per heavy atom. The Balaban J connectivity index is 1.94. The molecule has 82 valence electrons. The predicted octanol–water partition coefficient (Wildman–Crippen LogP) is 1.81. The normalized spacial score (nSPS) is 10.8. The van der Waals surface area contributed by atoms with Gasteiger partial charge in [0.05, 0.1) is 6.21 Å². The minimum Gasteiger partial charge on any atom is -0.361 e. The smallest absolute Gasteiger partial charge is 0.293 e. The molecular weight excluding hydrogens is 226 g/mol. The van der Waals surface area contributed by atoms with Crippen LogP contribution in [0.4, 0.5) is 0 Å². The lowest BCUT2D eigenvalue weighted by Crippen LogP contribution is -2.17. The second-order valence-electron chi connectivity index (χ2n) is 3.08. The van der Waals surface area contributed by atoms with Crippen LogP contribution in [0.5, 0.6) is 0 Å². The van der Waals surface area contributed by atoms with E-state index in [1.165, 1.54) is 0 Å². The van der Waals surface area contributed by atoms with Crippen molar-refractivity contribution in [2.45, 2.75) is 6.92 Å². The second kappa shape index (κ2) is 4.71. The van der Waals surface area contributed by atoms with Crippen LogP contribution < -0.4 is 5.43 Å². The summed E-state index contributed by atoms with van der Waals surface area (Å²) >= 11 is 1.57. The lowest BCUT2D eigenvalue weighted by Gasteiger charge is -1.92. The molecule has 0 unspecified atom stereocenters. The van der Waals surface area contributed by atoms with E-state index in [2.05, 4.69) is 15.7 Å². The molecule has 1 amide bonds. The monoisotopic (exact) mass is 235 g/mol. The third-order valence-corrected chi connectivity index (χ3v) is 2.48. The zero-order chi connectivity index (χ0) is 11.4. The van der Waals surface area contributed by atoms with Crippen LogP contribution in [0, 0.1) is 6.92 Å². The van der Waals surface area contributed by atoms with Gasteiger partial charge in [-0.1, -0.05) is 5.16 Å². The number of nitrogens with one attached hydrogen (secondary N) is 1. The molecule has 6 heteroatoms. The van der Waals surface area contributed by atoms with Gasteiger partial charge in [-0.2, -0.15) is 16.4 Å². The van der Waals surface area contributed by atoms with Crippen LogP contribution in [0.15, 0.2) is 32.5 Å². The zero-order valence-electron chi connectivity index (χ0n) is 8.51. The van der Waals surface area contributed by atoms with E-state index in [4.69, 9.17) is 4.52 Å². The Morgan fingerprint density at radius 2 is 2.56 bits per heavy atom. The molecule has 0 saturated heterocycles. The van der Waals surface area contributed by atoms with Crippen LogP contribution in [-0.4, -0.2) is 17.3 Å². The van der Waals surface area contributed by atoms with Crippen molar-refractivity contribution >= 4 is 23.5 Å². The molecule has 0 aliphatic rings. The number of hydrogen-bond acceptors (Lipinski definition) is 5. The summed E-state index contributed by atoms with van der Waals surface area (Å²) in [6.45, 7) is 1.72. The van der Waals surface area contributed by atoms with Crippen molar-refractivity contribution in [2.24, 2.45) is 5.10 Å². The third-order valence-electron chi connectivity index (χ3n) is 1.78. The van der Waals surface area contributed by atoms with Crippen LogP contribution in [0.25, 0.3) is 0 Å². The van der Waals surface area contributed by atoms with E-state index in [0.717, 1.165) is 5.56 Å². The summed E-state index contributed by atoms with van der Waals surface area (Å²) in [5, 5.41) is 11.2. The number of amides is 1. The van der Waals surface area contributed by atoms with Crippen LogP contribution in [0.2, 0.25) is 0 Å². The van der Waals surface area contributed by atoms with E-state index in [0.29, 0.717) is 5.76 Å². The van der Waals surface area contributed by atoms with Gasteiger partial charge in [0.2, 0.25) is 0 Å². The maximum Gasteiger partial charge on any atom is 0.293 e. The Kier molecular flexibility index (Phi) is 3.11. The van der Waals surface area contributed by atoms with Crippen molar-refractivity contribution < 1.29 is 9.32 Å². The fraction of sp³-hybridized carbons (Fsp3) is 0.100. The number of aromatic nitrogens is 1. The van der Waals surface area contributed by atoms with E-state index >= 15 is 0 Å². The van der Waals surface area contributed by atoms with Crippen molar-refractivity contribution in [3.8, 4) is 0 Å². The van der Waals surface area contributed by atoms with E-state index in [-0.39, 0.29) is 11.6 Å². The van der Waals surface area contributed by atoms with Gasteiger partial charge in [-0.15, -0.1) is 0 Å². The van der Waals surface area contributed by atoms with Crippen LogP contribution in [0.1, 0.15) is 21.8 Å². The summed E-state index contributed by atoms with van der Waals surface area (Å²) in [4.78, 5) is 11.4. The molecule has 1 N–H and O–H groups in total. The van der Waals surface area contributed by atoms with Crippen LogP contribution >= 0.6 is 11.3 Å². The fourth-order valence-corrected chi connectivity index (χ4v) is 1.66. The average Bonchev–Trinajstić information content (AvgIpc) is 2.89. The number of rotatable bonds is 3. The predicted molar refractivity (Wildman–Crippen MR) is 60.6 cm³/mol. The minimum atomic E-state index is -0.386. The molecular formula is C10H9N3O2S. The van der Waals surface area contributed by atoms with Gasteiger partial charge in [-0.25, -0.2) is 5.43 Å². The first-order valence-electron chi connectivity index (χ1n) is 4.54. The largest absolute Gasteiger partial charge is 0.361 e. The Labute approximate surface area is 95.8 Å². The van der Waals surface area contributed by atoms with Crippen LogP contribution in [0.3, 0.4) is 0 Å². The van der Waals surface area contributed by atoms with Crippen molar-refractivity contribution in [3.63, 3.8) is 0 Å². The highest BCUT2D eigenvalue weighted by atomic mass is 32.1. The highest BCUT2D eigenvalue weighted by molar-refractivity contribution is 7.08. The Bertz CT molecular complexity index is 502. The number of hydrogen-bond donors (Lipinski definition) is 1. The molecule has 5 nitrogen and oxygen atoms in total. The van der Waals surface area contributed by atoms with Gasteiger partial charge in [0.25, 0.3) is 5.91 Å². The molecule has 0 bridgehead atoms. The van der Waals surface area contributed by atoms with Gasteiger partial charge in [0.1, 0.15) is 5.76 Å². The molecule has 2 rings (SSSR count). The summed E-state index contributed by atoms with van der Waals surface area (Å²) in [6.07, 6.45) is 1.57. The van der Waals surface area contributed by atoms with E-state index in [1.807, 2.05) is 16.8 Å². The lowest BCUT2D eigenvalue weighted by atomic mass is 10.4. The van der Waals surface area contributed by atoms with Crippen LogP contribution in [-0.2, 0) is 0 Å². The van der Waals surface area contributed by atoms with Crippen molar-refractivity contribution in [2.75, 3.05) is 0 Å². The van der Waals surface area contributed by atoms with E-state index < -0.39 is 0 Å². The molecule has 0 atom stereocenters. The molecule has 0 fully saturated rings. The lowest BCUT2D eigenvalue weighted by molar-refractivity contribution is 0.0946. The van der Waals surface area contributed by atoms with Crippen molar-refractivity contribution in [1.82, 2.24) is 10.6 Å². The molecule has 2 heterocycles. The van der Waals surface area contributed by atoms with Gasteiger partial charge in [0.15, 0.2) is 5.69 Å². The first kappa shape index (κ1) is 10.6. The number of nitrogens with zero attached hydrogens (tertiary/aromatic N) is 2. The standard InChI is InChI=1S/C10H9N3O2S/c1-7-4-9(13-15-7)10(14)12-11-5-8-2-3-16-6-8/h2-6H,1H3,(H,12,14)/b11-5+. The van der Waals surface area contributed by atoms with Gasteiger partial charge in [-0.3, -0.25) is 4.79 Å². The van der Waals surface area contributed by atoms with Gasteiger partial charge in [-0.05, 0) is 23.8 Å². The summed E-state index contributed by atoms with van der Waals surface area (Å²) < 4.78 is 4.78. The molecule has 0 aliphatic heterocycles. The first-order valence-corrected chi connectivity index (χ1v) is 5.49. The molecule has 2 aromatic rings. The fourth-order valence-electron chi connectivity index (χ4n) is 1.04. The molecule has 16 heavy (non-hydrogen) atoms. The summed E-state index contributed by atoms with van der Waals surface area (Å²) in [5.41, 5.74) is 3.53. The number of carbonyl (C=O) groups is 1. The van der Waals surface area contributed by atoms with Gasteiger partial charge in [0, 0.05) is 11.6 Å². The highest BCUT2D eigenvalue weighted by Gasteiger charge is 2.08. The third kappa shape index (κ3) is 2.54. The quantitative estimate of drug-likeness (QED) is 0.651. The molecule has 0 aliphatic carbocycles. The van der Waals surface area contributed by atoms with E-state index in [9.17, 15) is 4.79 Å². The second-order valence-corrected chi connectivity index (χ2v) is 3.86. The number of aryl methyl sites for hydroxylation is 1. The Hall–Kier alpha value is -1.95. The molecule has 2 aromatic heterocycles. The van der Waals surface area contributed by atoms with E-state index in [1.54, 1.807) is 30.5 Å². The first-order chi connectivity index (χ1) is 7.75. The number of hydrazone groups is 1. The Morgan fingerprint density at radius 1 is 1.69 bits per heavy atom. The highest BCUT2D eigenvalue weighted by Crippen LogP contribution is 2.03. The minimum absolute atomic E-state index is 0.222. The molecule has 0 spiro atoms.